The van der Waals surface area contributed by atoms with E-state index in [2.05, 4.69) is 60.0 Å². The summed E-state index contributed by atoms with van der Waals surface area (Å²) >= 11 is 0. The van der Waals surface area contributed by atoms with Gasteiger partial charge in [-0.05, 0) is 55.4 Å². The van der Waals surface area contributed by atoms with Crippen molar-refractivity contribution < 1.29 is 9.90 Å². The first-order chi connectivity index (χ1) is 12.2. The number of amides is 1. The number of hydrogen-bond acceptors (Lipinski definition) is 2. The Balaban J connectivity index is 2.92. The smallest absolute Gasteiger partial charge is 0.250 e. The van der Waals surface area contributed by atoms with Crippen LogP contribution in [0.15, 0.2) is 18.2 Å². The van der Waals surface area contributed by atoms with E-state index in [0.29, 0.717) is 11.3 Å². The van der Waals surface area contributed by atoms with E-state index in [1.165, 1.54) is 0 Å². The van der Waals surface area contributed by atoms with Crippen molar-refractivity contribution in [1.29, 1.82) is 0 Å². The van der Waals surface area contributed by atoms with Crippen molar-refractivity contribution >= 4 is 5.91 Å². The van der Waals surface area contributed by atoms with Gasteiger partial charge in [-0.3, -0.25) is 4.79 Å². The van der Waals surface area contributed by atoms with Gasteiger partial charge >= 0.3 is 0 Å². The molecule has 0 fully saturated rings. The highest BCUT2D eigenvalue weighted by molar-refractivity contribution is 5.95. The molecular weight excluding hydrogens is 336 g/mol. The number of carbonyl (C=O) groups excluding carboxylic acids is 1. The number of aromatic hydroxyl groups is 1. The van der Waals surface area contributed by atoms with E-state index >= 15 is 0 Å². The molecular formula is C23H34N2O2. The molecule has 1 heterocycles. The normalized spacial score (nSPS) is 12.7. The summed E-state index contributed by atoms with van der Waals surface area (Å²) in [6.07, 6.45) is 0. The minimum absolute atomic E-state index is 0.179. The maximum atomic E-state index is 11.9. The summed E-state index contributed by atoms with van der Waals surface area (Å²) in [6, 6.07) is 6.15. The third-order valence-electron chi connectivity index (χ3n) is 5.10. The van der Waals surface area contributed by atoms with E-state index in [1.807, 2.05) is 25.1 Å². The molecule has 3 N–H and O–H groups in total. The molecule has 4 nitrogen and oxygen atoms in total. The molecule has 1 aromatic carbocycles. The molecule has 0 aliphatic rings. The highest BCUT2D eigenvalue weighted by Gasteiger charge is 2.28. The molecule has 0 aliphatic heterocycles. The fourth-order valence-electron chi connectivity index (χ4n) is 3.68. The number of carbonyl (C=O) groups is 1. The summed E-state index contributed by atoms with van der Waals surface area (Å²) in [6.45, 7) is 18.7. The summed E-state index contributed by atoms with van der Waals surface area (Å²) in [5.41, 5.74) is 10.3. The predicted octanol–water partition coefficient (Wildman–Crippen LogP) is 5.44. The lowest BCUT2D eigenvalue weighted by atomic mass is 9.78. The lowest BCUT2D eigenvalue weighted by Crippen LogP contribution is -2.17. The van der Waals surface area contributed by atoms with Crippen LogP contribution in [0, 0.1) is 6.92 Å². The lowest BCUT2D eigenvalue weighted by Gasteiger charge is -2.28. The Hall–Kier alpha value is -2.23. The van der Waals surface area contributed by atoms with Gasteiger partial charge in [0.15, 0.2) is 0 Å². The highest BCUT2D eigenvalue weighted by atomic mass is 16.3. The summed E-state index contributed by atoms with van der Waals surface area (Å²) < 4.78 is 2.14. The molecule has 148 valence electrons. The Bertz CT molecular complexity index is 840. The number of phenols is 1. The van der Waals surface area contributed by atoms with Gasteiger partial charge < -0.3 is 15.4 Å². The number of benzene rings is 1. The third kappa shape index (κ3) is 3.90. The van der Waals surface area contributed by atoms with Gasteiger partial charge in [-0.1, -0.05) is 41.5 Å². The Kier molecular flexibility index (Phi) is 5.26. The summed E-state index contributed by atoms with van der Waals surface area (Å²) in [5, 5.41) is 11.0. The molecule has 0 saturated carbocycles. The number of hydrogen-bond donors (Lipinski definition) is 2. The lowest BCUT2D eigenvalue weighted by molar-refractivity contribution is 0.0999. The van der Waals surface area contributed by atoms with E-state index in [4.69, 9.17) is 5.73 Å². The molecule has 1 amide bonds. The third-order valence-corrected chi connectivity index (χ3v) is 5.10. The second-order valence-electron chi connectivity index (χ2n) is 9.78. The van der Waals surface area contributed by atoms with Gasteiger partial charge in [0, 0.05) is 28.6 Å². The number of phenolic OH excluding ortho intramolecular Hbond substituents is 1. The average Bonchev–Trinajstić information content (AvgIpc) is 2.82. The van der Waals surface area contributed by atoms with Gasteiger partial charge in [0.25, 0.3) is 5.91 Å². The van der Waals surface area contributed by atoms with Gasteiger partial charge in [-0.25, -0.2) is 0 Å². The molecule has 0 spiro atoms. The van der Waals surface area contributed by atoms with Gasteiger partial charge in [-0.15, -0.1) is 0 Å². The minimum atomic E-state index is -0.418. The topological polar surface area (TPSA) is 68.2 Å². The van der Waals surface area contributed by atoms with Crippen LogP contribution in [0.2, 0.25) is 0 Å². The number of nitrogens with zero attached hydrogens (tertiary/aromatic N) is 1. The van der Waals surface area contributed by atoms with Crippen LogP contribution in [0.3, 0.4) is 0 Å². The monoisotopic (exact) mass is 370 g/mol. The van der Waals surface area contributed by atoms with Crippen LogP contribution in [0.1, 0.15) is 88.6 Å². The average molecular weight is 371 g/mol. The van der Waals surface area contributed by atoms with Crippen molar-refractivity contribution in [2.45, 2.75) is 79.2 Å². The van der Waals surface area contributed by atoms with Gasteiger partial charge in [-0.2, -0.15) is 0 Å². The zero-order valence-electron chi connectivity index (χ0n) is 18.2. The summed E-state index contributed by atoms with van der Waals surface area (Å²) in [5.74, 6) is -0.0627. The van der Waals surface area contributed by atoms with Crippen molar-refractivity contribution in [2.75, 3.05) is 0 Å². The van der Waals surface area contributed by atoms with Crippen LogP contribution in [-0.4, -0.2) is 15.6 Å². The van der Waals surface area contributed by atoms with Crippen molar-refractivity contribution in [3.05, 3.63) is 40.6 Å². The number of primary amides is 1. The molecule has 0 aliphatic carbocycles. The molecule has 2 aromatic rings. The molecule has 4 heteroatoms. The summed E-state index contributed by atoms with van der Waals surface area (Å²) in [4.78, 5) is 11.9. The van der Waals surface area contributed by atoms with E-state index < -0.39 is 5.91 Å². The van der Waals surface area contributed by atoms with Crippen LogP contribution < -0.4 is 5.73 Å². The van der Waals surface area contributed by atoms with Crippen molar-refractivity contribution in [3.63, 3.8) is 0 Å². The molecule has 27 heavy (non-hydrogen) atoms. The fraction of sp³-hybridized carbons (Fsp3) is 0.522. The first-order valence-corrected chi connectivity index (χ1v) is 9.56. The Morgan fingerprint density at radius 1 is 1.00 bits per heavy atom. The van der Waals surface area contributed by atoms with Crippen LogP contribution in [-0.2, 0) is 10.8 Å². The molecule has 2 rings (SSSR count). The zero-order chi connectivity index (χ0) is 20.9. The Labute approximate surface area is 163 Å². The fourth-order valence-corrected chi connectivity index (χ4v) is 3.68. The highest BCUT2D eigenvalue weighted by Crippen LogP contribution is 2.42. The largest absolute Gasteiger partial charge is 0.507 e. The molecule has 0 unspecified atom stereocenters. The SMILES string of the molecule is Cc1c(C(N)=O)cc(-c2cc(C(C)(C)C)c(O)c(C(C)(C)C)c2)n1C(C)C. The van der Waals surface area contributed by atoms with E-state index in [-0.39, 0.29) is 16.9 Å². The van der Waals surface area contributed by atoms with E-state index in [9.17, 15) is 9.90 Å². The van der Waals surface area contributed by atoms with Crippen LogP contribution in [0.25, 0.3) is 11.3 Å². The Morgan fingerprint density at radius 3 is 1.78 bits per heavy atom. The number of aromatic nitrogens is 1. The van der Waals surface area contributed by atoms with Crippen LogP contribution >= 0.6 is 0 Å². The summed E-state index contributed by atoms with van der Waals surface area (Å²) in [7, 11) is 0. The zero-order valence-corrected chi connectivity index (χ0v) is 18.2. The van der Waals surface area contributed by atoms with Crippen molar-refractivity contribution in [3.8, 4) is 17.0 Å². The van der Waals surface area contributed by atoms with Gasteiger partial charge in [0.05, 0.1) is 5.56 Å². The maximum Gasteiger partial charge on any atom is 0.250 e. The van der Waals surface area contributed by atoms with E-state index in [1.54, 1.807) is 0 Å². The van der Waals surface area contributed by atoms with Crippen molar-refractivity contribution in [1.82, 2.24) is 4.57 Å². The molecule has 0 atom stereocenters. The van der Waals surface area contributed by atoms with Gasteiger partial charge in [0.1, 0.15) is 5.75 Å². The maximum absolute atomic E-state index is 11.9. The first kappa shape index (κ1) is 21.1. The minimum Gasteiger partial charge on any atom is -0.507 e. The van der Waals surface area contributed by atoms with Crippen LogP contribution in [0.5, 0.6) is 5.75 Å². The number of nitrogens with two attached hydrogens (primary N) is 1. The predicted molar refractivity (Wildman–Crippen MR) is 113 cm³/mol. The molecule has 0 radical (unpaired) electrons. The number of rotatable bonds is 3. The quantitative estimate of drug-likeness (QED) is 0.755. The standard InChI is InChI=1S/C23H34N2O2/c1-13(2)25-14(3)16(21(24)27)12-19(25)15-10-17(22(4,5)6)20(26)18(11-15)23(7,8)9/h10-13,26H,1-9H3,(H2,24,27). The second-order valence-corrected chi connectivity index (χ2v) is 9.78. The van der Waals surface area contributed by atoms with Gasteiger partial charge in [0.2, 0.25) is 0 Å². The van der Waals surface area contributed by atoms with Crippen molar-refractivity contribution in [2.24, 2.45) is 5.73 Å². The second kappa shape index (κ2) is 6.74. The van der Waals surface area contributed by atoms with E-state index in [0.717, 1.165) is 28.1 Å². The molecule has 0 saturated heterocycles. The Morgan fingerprint density at radius 2 is 1.44 bits per heavy atom. The first-order valence-electron chi connectivity index (χ1n) is 9.56. The molecule has 1 aromatic heterocycles. The molecule has 0 bridgehead atoms. The van der Waals surface area contributed by atoms with Crippen LogP contribution in [0.4, 0.5) is 0 Å².